The number of H-pyrrole nitrogens is 2. The number of benzene rings is 2. The summed E-state index contributed by atoms with van der Waals surface area (Å²) in [5, 5.41) is 2.84. The number of amides is 1. The molecule has 1 aromatic heterocycles. The lowest BCUT2D eigenvalue weighted by Crippen LogP contribution is -2.22. The van der Waals surface area contributed by atoms with E-state index in [-0.39, 0.29) is 17.4 Å². The van der Waals surface area contributed by atoms with Gasteiger partial charge in [-0.15, -0.1) is 0 Å². The van der Waals surface area contributed by atoms with E-state index in [1.54, 1.807) is 18.2 Å². The summed E-state index contributed by atoms with van der Waals surface area (Å²) in [4.78, 5) is 28.4. The predicted octanol–water partition coefficient (Wildman–Crippen LogP) is 2.24. The maximum Gasteiger partial charge on any atom is 0.323 e. The van der Waals surface area contributed by atoms with Crippen molar-refractivity contribution in [1.29, 1.82) is 0 Å². The van der Waals surface area contributed by atoms with E-state index in [0.29, 0.717) is 24.9 Å². The molecule has 23 heavy (non-hydrogen) atoms. The van der Waals surface area contributed by atoms with Crippen LogP contribution in [-0.4, -0.2) is 15.9 Å². The maximum absolute atomic E-state index is 12.8. The summed E-state index contributed by atoms with van der Waals surface area (Å²) in [5.41, 5.74) is 3.03. The van der Waals surface area contributed by atoms with Gasteiger partial charge >= 0.3 is 5.69 Å². The fraction of sp³-hybridized carbons (Fsp3) is 0.176. The molecule has 0 saturated carbocycles. The molecule has 3 N–H and O–H groups in total. The number of halogens is 1. The zero-order chi connectivity index (χ0) is 16.2. The lowest BCUT2D eigenvalue weighted by molar-refractivity contribution is -0.121. The van der Waals surface area contributed by atoms with Crippen molar-refractivity contribution in [2.75, 3.05) is 0 Å². The van der Waals surface area contributed by atoms with Crippen molar-refractivity contribution in [3.05, 3.63) is 69.9 Å². The summed E-state index contributed by atoms with van der Waals surface area (Å²) in [6, 6.07) is 11.6. The Kier molecular flexibility index (Phi) is 4.23. The molecular formula is C17H16FN3O2. The van der Waals surface area contributed by atoms with Crippen molar-refractivity contribution in [1.82, 2.24) is 15.3 Å². The summed E-state index contributed by atoms with van der Waals surface area (Å²) in [5.74, 6) is -0.353. The van der Waals surface area contributed by atoms with Crippen LogP contribution in [0, 0.1) is 5.82 Å². The molecule has 0 aliphatic rings. The van der Waals surface area contributed by atoms with Crippen LogP contribution in [0.25, 0.3) is 11.0 Å². The molecule has 2 aromatic carbocycles. The molecule has 0 bridgehead atoms. The first kappa shape index (κ1) is 15.0. The van der Waals surface area contributed by atoms with Gasteiger partial charge in [0.05, 0.1) is 11.0 Å². The molecule has 0 spiro atoms. The Labute approximate surface area is 131 Å². The molecule has 5 nitrogen and oxygen atoms in total. The second-order valence-corrected chi connectivity index (χ2v) is 5.36. The number of fused-ring (bicyclic) bond motifs is 1. The molecule has 0 unspecified atom stereocenters. The first-order chi connectivity index (χ1) is 11.1. The smallest absolute Gasteiger partial charge is 0.323 e. The first-order valence-electron chi connectivity index (χ1n) is 7.32. The zero-order valence-electron chi connectivity index (χ0n) is 12.4. The van der Waals surface area contributed by atoms with Crippen LogP contribution in [0.3, 0.4) is 0 Å². The number of hydrogen-bond donors (Lipinski definition) is 3. The number of carbonyl (C=O) groups is 1. The van der Waals surface area contributed by atoms with Gasteiger partial charge in [-0.2, -0.15) is 0 Å². The minimum Gasteiger partial charge on any atom is -0.352 e. The SMILES string of the molecule is O=C(CCc1ccc(F)cc1)NCc1ccc2[nH]c(=O)[nH]c2c1. The Hall–Kier alpha value is -2.89. The summed E-state index contributed by atoms with van der Waals surface area (Å²) in [7, 11) is 0. The molecule has 1 amide bonds. The van der Waals surface area contributed by atoms with Crippen LogP contribution in [0.5, 0.6) is 0 Å². The largest absolute Gasteiger partial charge is 0.352 e. The Bertz CT molecular complexity index is 881. The van der Waals surface area contributed by atoms with Crippen LogP contribution in [0.4, 0.5) is 4.39 Å². The van der Waals surface area contributed by atoms with E-state index in [0.717, 1.165) is 16.6 Å². The third-order valence-corrected chi connectivity index (χ3v) is 3.62. The van der Waals surface area contributed by atoms with Gasteiger partial charge in [-0.05, 0) is 41.8 Å². The Morgan fingerprint density at radius 3 is 2.48 bits per heavy atom. The first-order valence-corrected chi connectivity index (χ1v) is 7.32. The number of aromatic amines is 2. The van der Waals surface area contributed by atoms with Crippen molar-refractivity contribution in [3.8, 4) is 0 Å². The Balaban J connectivity index is 1.53. The Morgan fingerprint density at radius 2 is 1.70 bits per heavy atom. The van der Waals surface area contributed by atoms with E-state index in [1.807, 2.05) is 12.1 Å². The second kappa shape index (κ2) is 6.48. The van der Waals surface area contributed by atoms with E-state index in [1.165, 1.54) is 12.1 Å². The normalized spacial score (nSPS) is 10.8. The molecule has 118 valence electrons. The molecule has 3 aromatic rings. The standard InChI is InChI=1S/C17H16FN3O2/c18-13-5-1-11(2-6-13)4-8-16(22)19-10-12-3-7-14-15(9-12)21-17(23)20-14/h1-3,5-7,9H,4,8,10H2,(H,19,22)(H2,20,21,23). The van der Waals surface area contributed by atoms with Crippen molar-refractivity contribution >= 4 is 16.9 Å². The van der Waals surface area contributed by atoms with Gasteiger partial charge in [0.25, 0.3) is 0 Å². The number of rotatable bonds is 5. The van der Waals surface area contributed by atoms with Crippen LogP contribution in [0.15, 0.2) is 47.3 Å². The Morgan fingerprint density at radius 1 is 1.00 bits per heavy atom. The molecule has 0 radical (unpaired) electrons. The molecule has 6 heteroatoms. The average Bonchev–Trinajstić information content (AvgIpc) is 2.91. The molecule has 1 heterocycles. The monoisotopic (exact) mass is 313 g/mol. The van der Waals surface area contributed by atoms with Gasteiger partial charge in [-0.1, -0.05) is 18.2 Å². The fourth-order valence-electron chi connectivity index (χ4n) is 2.39. The van der Waals surface area contributed by atoms with Gasteiger partial charge in [0.15, 0.2) is 0 Å². The fourth-order valence-corrected chi connectivity index (χ4v) is 2.39. The highest BCUT2D eigenvalue weighted by Gasteiger charge is 2.04. The van der Waals surface area contributed by atoms with Gasteiger partial charge in [-0.25, -0.2) is 9.18 Å². The summed E-state index contributed by atoms with van der Waals surface area (Å²) in [6.07, 6.45) is 0.908. The highest BCUT2D eigenvalue weighted by molar-refractivity contribution is 5.77. The van der Waals surface area contributed by atoms with Gasteiger partial charge in [0.1, 0.15) is 5.82 Å². The number of aryl methyl sites for hydroxylation is 1. The van der Waals surface area contributed by atoms with Crippen molar-refractivity contribution in [3.63, 3.8) is 0 Å². The maximum atomic E-state index is 12.8. The van der Waals surface area contributed by atoms with E-state index < -0.39 is 0 Å². The van der Waals surface area contributed by atoms with Crippen molar-refractivity contribution in [2.24, 2.45) is 0 Å². The summed E-state index contributed by atoms with van der Waals surface area (Å²) in [6.45, 7) is 0.394. The van der Waals surface area contributed by atoms with Gasteiger partial charge in [0, 0.05) is 13.0 Å². The van der Waals surface area contributed by atoms with Crippen molar-refractivity contribution in [2.45, 2.75) is 19.4 Å². The quantitative estimate of drug-likeness (QED) is 0.675. The number of imidazole rings is 1. The lowest BCUT2D eigenvalue weighted by Gasteiger charge is -2.06. The topological polar surface area (TPSA) is 77.8 Å². The lowest BCUT2D eigenvalue weighted by atomic mass is 10.1. The second-order valence-electron chi connectivity index (χ2n) is 5.36. The number of hydrogen-bond acceptors (Lipinski definition) is 2. The molecule has 0 saturated heterocycles. The van der Waals surface area contributed by atoms with Crippen LogP contribution >= 0.6 is 0 Å². The molecule has 0 aliphatic carbocycles. The van der Waals surface area contributed by atoms with Crippen LogP contribution in [0.2, 0.25) is 0 Å². The molecule has 0 aliphatic heterocycles. The zero-order valence-corrected chi connectivity index (χ0v) is 12.4. The molecule has 0 atom stereocenters. The van der Waals surface area contributed by atoms with Crippen LogP contribution in [-0.2, 0) is 17.8 Å². The highest BCUT2D eigenvalue weighted by Crippen LogP contribution is 2.10. The predicted molar refractivity (Wildman–Crippen MR) is 85.5 cm³/mol. The summed E-state index contributed by atoms with van der Waals surface area (Å²) < 4.78 is 12.8. The molecule has 0 fully saturated rings. The number of aromatic nitrogens is 2. The van der Waals surface area contributed by atoms with E-state index in [9.17, 15) is 14.0 Å². The van der Waals surface area contributed by atoms with Gasteiger partial charge < -0.3 is 15.3 Å². The minimum atomic E-state index is -0.281. The summed E-state index contributed by atoms with van der Waals surface area (Å²) >= 11 is 0. The van der Waals surface area contributed by atoms with E-state index in [2.05, 4.69) is 15.3 Å². The number of nitrogens with one attached hydrogen (secondary N) is 3. The van der Waals surface area contributed by atoms with Crippen LogP contribution in [0.1, 0.15) is 17.5 Å². The number of carbonyl (C=O) groups excluding carboxylic acids is 1. The third-order valence-electron chi connectivity index (χ3n) is 3.62. The van der Waals surface area contributed by atoms with Crippen molar-refractivity contribution < 1.29 is 9.18 Å². The molecule has 3 rings (SSSR count). The minimum absolute atomic E-state index is 0.0722. The van der Waals surface area contributed by atoms with E-state index >= 15 is 0 Å². The molecular weight excluding hydrogens is 297 g/mol. The highest BCUT2D eigenvalue weighted by atomic mass is 19.1. The van der Waals surface area contributed by atoms with Gasteiger partial charge in [-0.3, -0.25) is 4.79 Å². The van der Waals surface area contributed by atoms with Gasteiger partial charge in [0.2, 0.25) is 5.91 Å². The van der Waals surface area contributed by atoms with Crippen LogP contribution < -0.4 is 11.0 Å². The third kappa shape index (κ3) is 3.85. The average molecular weight is 313 g/mol. The van der Waals surface area contributed by atoms with E-state index in [4.69, 9.17) is 0 Å².